The Bertz CT molecular complexity index is 591. The van der Waals surface area contributed by atoms with Crippen LogP contribution in [0.15, 0.2) is 12.1 Å². The van der Waals surface area contributed by atoms with Crippen molar-refractivity contribution < 1.29 is 27.5 Å². The zero-order valence-corrected chi connectivity index (χ0v) is 12.7. The fraction of sp³-hybridized carbons (Fsp3) is 0.385. The Kier molecular flexibility index (Phi) is 5.70. The molecule has 0 aliphatic carbocycles. The van der Waals surface area contributed by atoms with Gasteiger partial charge in [-0.15, -0.1) is 13.2 Å². The van der Waals surface area contributed by atoms with Crippen molar-refractivity contribution in [1.82, 2.24) is 0 Å². The van der Waals surface area contributed by atoms with Gasteiger partial charge in [-0.25, -0.2) is 0 Å². The number of carbonyl (C=O) groups is 2. The predicted octanol–water partition coefficient (Wildman–Crippen LogP) is 2.25. The van der Waals surface area contributed by atoms with E-state index in [0.29, 0.717) is 5.75 Å². The fourth-order valence-electron chi connectivity index (χ4n) is 2.00. The first kappa shape index (κ1) is 18.1. The summed E-state index contributed by atoms with van der Waals surface area (Å²) in [5.74, 6) is -2.91. The Morgan fingerprint density at radius 1 is 1.27 bits per heavy atom. The molecule has 1 aromatic carbocycles. The van der Waals surface area contributed by atoms with Gasteiger partial charge in [0.15, 0.2) is 0 Å². The summed E-state index contributed by atoms with van der Waals surface area (Å²) in [5, 5.41) is 0. The van der Waals surface area contributed by atoms with Crippen LogP contribution in [0.4, 0.5) is 13.2 Å². The van der Waals surface area contributed by atoms with Crippen molar-refractivity contribution in [2.45, 2.75) is 19.2 Å². The van der Waals surface area contributed by atoms with Crippen molar-refractivity contribution in [2.75, 3.05) is 12.0 Å². The minimum absolute atomic E-state index is 0.130. The van der Waals surface area contributed by atoms with E-state index in [0.717, 1.165) is 0 Å². The van der Waals surface area contributed by atoms with Crippen molar-refractivity contribution in [1.29, 1.82) is 0 Å². The molecule has 0 aliphatic heterocycles. The molecule has 0 spiro atoms. The second kappa shape index (κ2) is 6.91. The lowest BCUT2D eigenvalue weighted by Crippen LogP contribution is -2.26. The van der Waals surface area contributed by atoms with Crippen LogP contribution < -0.4 is 16.2 Å². The fourth-order valence-corrected chi connectivity index (χ4v) is 2.68. The molecular formula is C13H15F3N2O3S. The van der Waals surface area contributed by atoms with Gasteiger partial charge in [0.2, 0.25) is 5.91 Å². The van der Waals surface area contributed by atoms with E-state index >= 15 is 0 Å². The summed E-state index contributed by atoms with van der Waals surface area (Å²) in [6.07, 6.45) is -3.25. The Morgan fingerprint density at radius 3 is 2.27 bits per heavy atom. The standard InChI is InChI=1S/C13H15F3N2O3S/c1-6(5-22-2)7-3-4-8(11(17)19)9(12(18)20)10(7)21-13(14,15)16/h3-4,6H,5H2,1-2H3,(H2,17,19)(H2,18,20). The quantitative estimate of drug-likeness (QED) is 0.833. The van der Waals surface area contributed by atoms with Crippen molar-refractivity contribution >= 4 is 23.6 Å². The molecule has 0 saturated heterocycles. The van der Waals surface area contributed by atoms with Crippen LogP contribution in [0, 0.1) is 0 Å². The van der Waals surface area contributed by atoms with E-state index in [9.17, 15) is 22.8 Å². The summed E-state index contributed by atoms with van der Waals surface area (Å²) >= 11 is 1.41. The maximum atomic E-state index is 12.7. The minimum Gasteiger partial charge on any atom is -0.405 e. The number of hydrogen-bond donors (Lipinski definition) is 2. The summed E-state index contributed by atoms with van der Waals surface area (Å²) in [5.41, 5.74) is 9.26. The first-order valence-corrected chi connectivity index (χ1v) is 7.49. The summed E-state index contributed by atoms with van der Waals surface area (Å²) in [6.45, 7) is 1.67. The molecule has 0 heterocycles. The van der Waals surface area contributed by atoms with Crippen LogP contribution in [0.5, 0.6) is 5.75 Å². The van der Waals surface area contributed by atoms with E-state index in [1.807, 2.05) is 0 Å². The summed E-state index contributed by atoms with van der Waals surface area (Å²) in [4.78, 5) is 22.9. The molecule has 22 heavy (non-hydrogen) atoms. The minimum atomic E-state index is -5.03. The van der Waals surface area contributed by atoms with E-state index in [2.05, 4.69) is 4.74 Å². The highest BCUT2D eigenvalue weighted by Gasteiger charge is 2.36. The molecule has 1 unspecified atom stereocenters. The van der Waals surface area contributed by atoms with Gasteiger partial charge >= 0.3 is 6.36 Å². The second-order valence-corrected chi connectivity index (χ2v) is 5.45. The molecule has 0 fully saturated rings. The topological polar surface area (TPSA) is 95.4 Å². The number of benzene rings is 1. The Morgan fingerprint density at radius 2 is 1.86 bits per heavy atom. The highest BCUT2D eigenvalue weighted by atomic mass is 32.2. The number of hydrogen-bond acceptors (Lipinski definition) is 4. The SMILES string of the molecule is CSCC(C)c1ccc(C(N)=O)c(C(N)=O)c1OC(F)(F)F. The van der Waals surface area contributed by atoms with E-state index < -0.39 is 35.1 Å². The summed E-state index contributed by atoms with van der Waals surface area (Å²) in [6, 6.07) is 2.46. The largest absolute Gasteiger partial charge is 0.573 e. The number of nitrogens with two attached hydrogens (primary N) is 2. The van der Waals surface area contributed by atoms with Gasteiger partial charge in [-0.05, 0) is 29.6 Å². The normalized spacial score (nSPS) is 12.8. The first-order chi connectivity index (χ1) is 10.1. The van der Waals surface area contributed by atoms with Gasteiger partial charge in [0, 0.05) is 0 Å². The molecular weight excluding hydrogens is 321 g/mol. The van der Waals surface area contributed by atoms with E-state index in [1.165, 1.54) is 23.9 Å². The molecule has 0 bridgehead atoms. The van der Waals surface area contributed by atoms with Crippen LogP contribution >= 0.6 is 11.8 Å². The van der Waals surface area contributed by atoms with Crippen LogP contribution in [0.1, 0.15) is 39.1 Å². The second-order valence-electron chi connectivity index (χ2n) is 4.54. The number of carbonyl (C=O) groups excluding carboxylic acids is 2. The van der Waals surface area contributed by atoms with Gasteiger partial charge < -0.3 is 16.2 Å². The zero-order valence-electron chi connectivity index (χ0n) is 11.9. The molecule has 1 aromatic rings. The lowest BCUT2D eigenvalue weighted by Gasteiger charge is -2.21. The number of ether oxygens (including phenoxy) is 1. The van der Waals surface area contributed by atoms with Crippen LogP contribution in [0.25, 0.3) is 0 Å². The van der Waals surface area contributed by atoms with Crippen molar-refractivity contribution in [3.8, 4) is 5.75 Å². The number of amides is 2. The third-order valence-corrected chi connectivity index (χ3v) is 3.70. The average molecular weight is 336 g/mol. The highest BCUT2D eigenvalue weighted by Crippen LogP contribution is 2.37. The zero-order chi connectivity index (χ0) is 17.1. The Balaban J connectivity index is 3.61. The van der Waals surface area contributed by atoms with Crippen LogP contribution in [-0.2, 0) is 0 Å². The van der Waals surface area contributed by atoms with Crippen molar-refractivity contribution in [2.24, 2.45) is 11.5 Å². The molecule has 122 valence electrons. The molecule has 4 N–H and O–H groups in total. The van der Waals surface area contributed by atoms with E-state index in [1.54, 1.807) is 13.2 Å². The third kappa shape index (κ3) is 4.30. The molecule has 2 amide bonds. The Hall–Kier alpha value is -1.90. The first-order valence-electron chi connectivity index (χ1n) is 6.09. The molecule has 0 aromatic heterocycles. The number of primary amides is 2. The monoisotopic (exact) mass is 336 g/mol. The van der Waals surface area contributed by atoms with Gasteiger partial charge in [0.1, 0.15) is 5.75 Å². The molecule has 0 aliphatic rings. The van der Waals surface area contributed by atoms with Crippen molar-refractivity contribution in [3.63, 3.8) is 0 Å². The molecule has 0 radical (unpaired) electrons. The van der Waals surface area contributed by atoms with Gasteiger partial charge in [-0.2, -0.15) is 11.8 Å². The van der Waals surface area contributed by atoms with E-state index in [-0.39, 0.29) is 11.5 Å². The van der Waals surface area contributed by atoms with Crippen LogP contribution in [0.2, 0.25) is 0 Å². The molecule has 1 rings (SSSR count). The lowest BCUT2D eigenvalue weighted by molar-refractivity contribution is -0.275. The molecule has 9 heteroatoms. The summed E-state index contributed by atoms with van der Waals surface area (Å²) < 4.78 is 41.9. The van der Waals surface area contributed by atoms with Crippen LogP contribution in [0.3, 0.4) is 0 Å². The van der Waals surface area contributed by atoms with Gasteiger partial charge in [0.25, 0.3) is 5.91 Å². The summed E-state index contributed by atoms with van der Waals surface area (Å²) in [7, 11) is 0. The van der Waals surface area contributed by atoms with Crippen molar-refractivity contribution in [3.05, 3.63) is 28.8 Å². The maximum absolute atomic E-state index is 12.7. The number of alkyl halides is 3. The smallest absolute Gasteiger partial charge is 0.405 e. The predicted molar refractivity (Wildman–Crippen MR) is 77.0 cm³/mol. The Labute approximate surface area is 129 Å². The highest BCUT2D eigenvalue weighted by molar-refractivity contribution is 7.98. The molecule has 0 saturated carbocycles. The van der Waals surface area contributed by atoms with Gasteiger partial charge in [-0.1, -0.05) is 13.0 Å². The number of rotatable bonds is 6. The van der Waals surface area contributed by atoms with E-state index in [4.69, 9.17) is 11.5 Å². The van der Waals surface area contributed by atoms with Gasteiger partial charge in [-0.3, -0.25) is 9.59 Å². The van der Waals surface area contributed by atoms with Crippen LogP contribution in [-0.4, -0.2) is 30.2 Å². The lowest BCUT2D eigenvalue weighted by atomic mass is 9.94. The van der Waals surface area contributed by atoms with Gasteiger partial charge in [0.05, 0.1) is 11.1 Å². The maximum Gasteiger partial charge on any atom is 0.573 e. The average Bonchev–Trinajstić information content (AvgIpc) is 2.35. The number of halogens is 3. The molecule has 5 nitrogen and oxygen atoms in total. The number of thioether (sulfide) groups is 1. The third-order valence-electron chi connectivity index (χ3n) is 2.87. The molecule has 1 atom stereocenters.